The van der Waals surface area contributed by atoms with Crippen molar-refractivity contribution in [1.82, 2.24) is 19.9 Å². The van der Waals surface area contributed by atoms with Crippen molar-refractivity contribution in [1.29, 1.82) is 0 Å². The Hall–Kier alpha value is -3.16. The van der Waals surface area contributed by atoms with E-state index in [1.807, 2.05) is 12.1 Å². The molecular formula is C22H26N6O2. The maximum Gasteiger partial charge on any atom is 0.223 e. The molecule has 5 rings (SSSR count). The highest BCUT2D eigenvalue weighted by Gasteiger charge is 2.24. The van der Waals surface area contributed by atoms with Gasteiger partial charge >= 0.3 is 0 Å². The first-order valence-electron chi connectivity index (χ1n) is 10.6. The second-order valence-electron chi connectivity index (χ2n) is 8.18. The minimum absolute atomic E-state index is 0.133. The molecule has 3 aromatic rings. The summed E-state index contributed by atoms with van der Waals surface area (Å²) in [5.74, 6) is 2.81. The van der Waals surface area contributed by atoms with E-state index in [9.17, 15) is 0 Å². The second kappa shape index (κ2) is 8.30. The van der Waals surface area contributed by atoms with Crippen molar-refractivity contribution in [2.75, 3.05) is 17.7 Å². The largest absolute Gasteiger partial charge is 0.490 e. The molecule has 0 saturated heterocycles. The lowest BCUT2D eigenvalue weighted by molar-refractivity contribution is 0.152. The van der Waals surface area contributed by atoms with E-state index < -0.39 is 0 Å². The SMILES string of the molecule is Nc1cc(OC2CCC(Nc3ncc(OCC4CC4)cn3)CC2)c2nccnc2c1. The van der Waals surface area contributed by atoms with Crippen LogP contribution in [0.2, 0.25) is 0 Å². The molecular weight excluding hydrogens is 380 g/mol. The summed E-state index contributed by atoms with van der Waals surface area (Å²) in [6, 6.07) is 3.99. The lowest BCUT2D eigenvalue weighted by atomic mass is 9.93. The van der Waals surface area contributed by atoms with E-state index in [1.54, 1.807) is 24.8 Å². The fourth-order valence-corrected chi connectivity index (χ4v) is 3.80. The third-order valence-electron chi connectivity index (χ3n) is 5.67. The van der Waals surface area contributed by atoms with Crippen LogP contribution in [0.1, 0.15) is 38.5 Å². The number of nitrogens with zero attached hydrogens (tertiary/aromatic N) is 4. The van der Waals surface area contributed by atoms with Crippen molar-refractivity contribution in [3.63, 3.8) is 0 Å². The van der Waals surface area contributed by atoms with Crippen molar-refractivity contribution in [3.05, 3.63) is 36.9 Å². The van der Waals surface area contributed by atoms with Crippen LogP contribution in [-0.2, 0) is 0 Å². The molecule has 2 saturated carbocycles. The standard InChI is InChI=1S/C22H26N6O2/c23-15-9-19-21(25-8-7-24-19)20(10-15)30-17-5-3-16(4-6-17)28-22-26-11-18(12-27-22)29-13-14-1-2-14/h7-12,14,16-17H,1-6,13,23H2,(H,26,27,28). The number of aromatic nitrogens is 4. The van der Waals surface area contributed by atoms with Crippen molar-refractivity contribution >= 4 is 22.7 Å². The maximum atomic E-state index is 6.26. The van der Waals surface area contributed by atoms with Gasteiger partial charge in [0.15, 0.2) is 5.75 Å². The van der Waals surface area contributed by atoms with E-state index in [-0.39, 0.29) is 6.10 Å². The van der Waals surface area contributed by atoms with E-state index in [4.69, 9.17) is 15.2 Å². The molecule has 2 heterocycles. The van der Waals surface area contributed by atoms with Gasteiger partial charge in [0.1, 0.15) is 11.3 Å². The normalized spacial score (nSPS) is 21.3. The summed E-state index contributed by atoms with van der Waals surface area (Å²) in [5, 5.41) is 3.43. The average Bonchev–Trinajstić information content (AvgIpc) is 3.59. The molecule has 1 aromatic carbocycles. The Bertz CT molecular complexity index is 1000. The summed E-state index contributed by atoms with van der Waals surface area (Å²) in [4.78, 5) is 17.5. The van der Waals surface area contributed by atoms with Crippen LogP contribution in [0.15, 0.2) is 36.9 Å². The van der Waals surface area contributed by atoms with Gasteiger partial charge in [-0.25, -0.2) is 15.0 Å². The molecule has 2 fully saturated rings. The molecule has 30 heavy (non-hydrogen) atoms. The zero-order valence-corrected chi connectivity index (χ0v) is 16.8. The Labute approximate surface area is 175 Å². The van der Waals surface area contributed by atoms with Gasteiger partial charge in [-0.2, -0.15) is 0 Å². The number of fused-ring (bicyclic) bond motifs is 1. The molecule has 3 N–H and O–H groups in total. The van der Waals surface area contributed by atoms with Crippen molar-refractivity contribution in [3.8, 4) is 11.5 Å². The fraction of sp³-hybridized carbons (Fsp3) is 0.455. The number of anilines is 2. The van der Waals surface area contributed by atoms with Gasteiger partial charge in [-0.05, 0) is 50.5 Å². The molecule has 0 amide bonds. The molecule has 0 unspecified atom stereocenters. The van der Waals surface area contributed by atoms with Crippen molar-refractivity contribution < 1.29 is 9.47 Å². The van der Waals surface area contributed by atoms with E-state index >= 15 is 0 Å². The number of nitrogens with one attached hydrogen (secondary N) is 1. The van der Waals surface area contributed by atoms with E-state index in [0.717, 1.165) is 55.0 Å². The van der Waals surface area contributed by atoms with Gasteiger partial charge in [0.25, 0.3) is 0 Å². The third kappa shape index (κ3) is 4.53. The number of benzene rings is 1. The van der Waals surface area contributed by atoms with E-state index in [1.165, 1.54) is 12.8 Å². The summed E-state index contributed by atoms with van der Waals surface area (Å²) in [6.07, 6.45) is 13.4. The predicted octanol–water partition coefficient (Wildman–Crippen LogP) is 3.59. The minimum atomic E-state index is 0.133. The Morgan fingerprint density at radius 3 is 2.47 bits per heavy atom. The zero-order chi connectivity index (χ0) is 20.3. The van der Waals surface area contributed by atoms with Gasteiger partial charge in [-0.15, -0.1) is 0 Å². The fourth-order valence-electron chi connectivity index (χ4n) is 3.80. The first-order chi connectivity index (χ1) is 14.7. The molecule has 0 aliphatic heterocycles. The third-order valence-corrected chi connectivity index (χ3v) is 5.67. The highest BCUT2D eigenvalue weighted by Crippen LogP contribution is 2.31. The topological polar surface area (TPSA) is 108 Å². The molecule has 8 heteroatoms. The van der Waals surface area contributed by atoms with Gasteiger partial charge in [0, 0.05) is 30.2 Å². The quantitative estimate of drug-likeness (QED) is 0.573. The number of rotatable bonds is 7. The van der Waals surface area contributed by atoms with Crippen LogP contribution < -0.4 is 20.5 Å². The Balaban J connectivity index is 1.14. The number of ether oxygens (including phenoxy) is 2. The second-order valence-corrected chi connectivity index (χ2v) is 8.18. The smallest absolute Gasteiger partial charge is 0.223 e. The molecule has 2 aliphatic rings. The first-order valence-corrected chi connectivity index (χ1v) is 10.6. The Morgan fingerprint density at radius 1 is 0.933 bits per heavy atom. The van der Waals surface area contributed by atoms with Crippen LogP contribution in [0.4, 0.5) is 11.6 Å². The number of hydrogen-bond acceptors (Lipinski definition) is 8. The summed E-state index contributed by atoms with van der Waals surface area (Å²) < 4.78 is 12.0. The predicted molar refractivity (Wildman–Crippen MR) is 114 cm³/mol. The van der Waals surface area contributed by atoms with Crippen LogP contribution in [0, 0.1) is 5.92 Å². The molecule has 0 radical (unpaired) electrons. The molecule has 2 aliphatic carbocycles. The average molecular weight is 406 g/mol. The Kier molecular flexibility index (Phi) is 5.21. The van der Waals surface area contributed by atoms with Crippen LogP contribution in [-0.4, -0.2) is 38.7 Å². The summed E-state index contributed by atoms with van der Waals surface area (Å²) >= 11 is 0. The summed E-state index contributed by atoms with van der Waals surface area (Å²) in [6.45, 7) is 0.772. The Morgan fingerprint density at radius 2 is 1.70 bits per heavy atom. The van der Waals surface area contributed by atoms with Crippen LogP contribution in [0.25, 0.3) is 11.0 Å². The summed E-state index contributed by atoms with van der Waals surface area (Å²) in [5.41, 5.74) is 8.15. The van der Waals surface area contributed by atoms with Gasteiger partial charge in [-0.3, -0.25) is 4.98 Å². The molecule has 156 valence electrons. The molecule has 0 atom stereocenters. The lowest BCUT2D eigenvalue weighted by Gasteiger charge is -2.29. The number of nitrogen functional groups attached to an aromatic ring is 1. The maximum absolute atomic E-state index is 6.26. The van der Waals surface area contributed by atoms with Gasteiger partial charge in [0.2, 0.25) is 5.95 Å². The molecule has 0 spiro atoms. The minimum Gasteiger partial charge on any atom is -0.490 e. The van der Waals surface area contributed by atoms with Gasteiger partial charge in [0.05, 0.1) is 30.6 Å². The van der Waals surface area contributed by atoms with Gasteiger partial charge < -0.3 is 20.5 Å². The van der Waals surface area contributed by atoms with Crippen molar-refractivity contribution in [2.24, 2.45) is 5.92 Å². The first kappa shape index (κ1) is 18.8. The highest BCUT2D eigenvalue weighted by atomic mass is 16.5. The van der Waals surface area contributed by atoms with Gasteiger partial charge in [-0.1, -0.05) is 0 Å². The number of hydrogen-bond donors (Lipinski definition) is 2. The van der Waals surface area contributed by atoms with Crippen LogP contribution >= 0.6 is 0 Å². The van der Waals surface area contributed by atoms with E-state index in [0.29, 0.717) is 23.4 Å². The summed E-state index contributed by atoms with van der Waals surface area (Å²) in [7, 11) is 0. The highest BCUT2D eigenvalue weighted by molar-refractivity contribution is 5.84. The molecule has 2 aromatic heterocycles. The molecule has 0 bridgehead atoms. The number of nitrogens with two attached hydrogens (primary N) is 1. The molecule has 8 nitrogen and oxygen atoms in total. The van der Waals surface area contributed by atoms with Crippen molar-refractivity contribution in [2.45, 2.75) is 50.7 Å². The monoisotopic (exact) mass is 406 g/mol. The van der Waals surface area contributed by atoms with Crippen LogP contribution in [0.3, 0.4) is 0 Å². The van der Waals surface area contributed by atoms with Crippen LogP contribution in [0.5, 0.6) is 11.5 Å². The zero-order valence-electron chi connectivity index (χ0n) is 16.8. The van der Waals surface area contributed by atoms with E-state index in [2.05, 4.69) is 25.3 Å². The lowest BCUT2D eigenvalue weighted by Crippen LogP contribution is -2.31.